The molecule has 5 unspecified atom stereocenters. The molecule has 10 heteroatoms. The van der Waals surface area contributed by atoms with Gasteiger partial charge in [-0.1, -0.05) is 25.1 Å². The van der Waals surface area contributed by atoms with Crippen molar-refractivity contribution in [3.8, 4) is 12.1 Å². The van der Waals surface area contributed by atoms with Crippen LogP contribution in [0.15, 0.2) is 24.3 Å². The van der Waals surface area contributed by atoms with Crippen LogP contribution < -0.4 is 15.4 Å². The van der Waals surface area contributed by atoms with E-state index in [-0.39, 0.29) is 17.0 Å². The standard InChI is InChI=1S/C32H37FN6O3/c1-20-5-7-32(27-22(20)3-4-25(35)23(27)15-34)14-26-24(17-42-32)28(39-11-8-30(39)9-12-40-18-30)37-29(36-26)41-19-31-6-2-10-38(31)16-21(33)13-31/h3-5,7,20-21H,2,6,8-14,16-19,35H2,1H3. The molecule has 4 fully saturated rings. The van der Waals surface area contributed by atoms with Gasteiger partial charge in [-0.15, -0.1) is 0 Å². The number of nitrogens with zero attached hydrogens (tertiary/aromatic N) is 5. The Morgan fingerprint density at radius 2 is 2.14 bits per heavy atom. The fourth-order valence-electron chi connectivity index (χ4n) is 8.45. The number of hydrogen-bond donors (Lipinski definition) is 1. The normalized spacial score (nSPS) is 34.7. The predicted octanol–water partition coefficient (Wildman–Crippen LogP) is 3.90. The third-order valence-corrected chi connectivity index (χ3v) is 10.8. The molecule has 4 saturated heterocycles. The molecule has 42 heavy (non-hydrogen) atoms. The average molecular weight is 573 g/mol. The molecule has 1 aromatic carbocycles. The van der Waals surface area contributed by atoms with E-state index in [1.807, 2.05) is 12.1 Å². The second kappa shape index (κ2) is 9.37. The Kier molecular flexibility index (Phi) is 5.88. The summed E-state index contributed by atoms with van der Waals surface area (Å²) in [6.07, 6.45) is 8.32. The van der Waals surface area contributed by atoms with Gasteiger partial charge in [0.05, 0.1) is 35.5 Å². The molecule has 1 aliphatic carbocycles. The van der Waals surface area contributed by atoms with Gasteiger partial charge in [0.2, 0.25) is 0 Å². The summed E-state index contributed by atoms with van der Waals surface area (Å²) in [5, 5.41) is 10.2. The highest BCUT2D eigenvalue weighted by molar-refractivity contribution is 5.66. The Balaban J connectivity index is 1.20. The largest absolute Gasteiger partial charge is 0.461 e. The molecule has 5 aliphatic heterocycles. The Morgan fingerprint density at radius 3 is 2.93 bits per heavy atom. The summed E-state index contributed by atoms with van der Waals surface area (Å²) in [5.74, 6) is 0.976. The van der Waals surface area contributed by atoms with E-state index in [1.54, 1.807) is 0 Å². The van der Waals surface area contributed by atoms with E-state index in [4.69, 9.17) is 29.9 Å². The molecule has 0 amide bonds. The zero-order valence-corrected chi connectivity index (χ0v) is 24.1. The van der Waals surface area contributed by atoms with Crippen LogP contribution in [0.2, 0.25) is 0 Å². The molecule has 220 valence electrons. The fourth-order valence-corrected chi connectivity index (χ4v) is 8.45. The maximum absolute atomic E-state index is 14.5. The Morgan fingerprint density at radius 1 is 1.24 bits per heavy atom. The van der Waals surface area contributed by atoms with Gasteiger partial charge in [0.1, 0.15) is 30.3 Å². The summed E-state index contributed by atoms with van der Waals surface area (Å²) in [6, 6.07) is 6.50. The molecule has 2 spiro atoms. The number of alkyl halides is 1. The highest BCUT2D eigenvalue weighted by Crippen LogP contribution is 2.50. The van der Waals surface area contributed by atoms with Crippen molar-refractivity contribution in [1.82, 2.24) is 14.9 Å². The molecule has 9 nitrogen and oxygen atoms in total. The number of nitriles is 1. The van der Waals surface area contributed by atoms with Gasteiger partial charge >= 0.3 is 6.01 Å². The van der Waals surface area contributed by atoms with Crippen molar-refractivity contribution in [3.05, 3.63) is 52.2 Å². The Hall–Kier alpha value is -3.26. The lowest BCUT2D eigenvalue weighted by atomic mass is 9.73. The van der Waals surface area contributed by atoms with Crippen molar-refractivity contribution in [3.63, 3.8) is 0 Å². The smallest absolute Gasteiger partial charge is 0.318 e. The first-order chi connectivity index (χ1) is 20.4. The molecule has 8 rings (SSSR count). The minimum absolute atomic E-state index is 0.0580. The highest BCUT2D eigenvalue weighted by atomic mass is 19.1. The van der Waals surface area contributed by atoms with Crippen LogP contribution in [0, 0.1) is 11.3 Å². The summed E-state index contributed by atoms with van der Waals surface area (Å²) in [6.45, 7) is 6.48. The lowest BCUT2D eigenvalue weighted by molar-refractivity contribution is -0.0401. The van der Waals surface area contributed by atoms with Crippen LogP contribution in [0.25, 0.3) is 0 Å². The van der Waals surface area contributed by atoms with Gasteiger partial charge in [0.25, 0.3) is 0 Å². The summed E-state index contributed by atoms with van der Waals surface area (Å²) >= 11 is 0. The number of halogens is 1. The van der Waals surface area contributed by atoms with Gasteiger partial charge in [0.15, 0.2) is 0 Å². The first-order valence-electron chi connectivity index (χ1n) is 15.3. The zero-order chi connectivity index (χ0) is 28.7. The van der Waals surface area contributed by atoms with Crippen molar-refractivity contribution in [2.24, 2.45) is 0 Å². The zero-order valence-electron chi connectivity index (χ0n) is 24.1. The molecule has 1 aromatic heterocycles. The minimum atomic E-state index is -0.866. The van der Waals surface area contributed by atoms with E-state index >= 15 is 0 Å². The van der Waals surface area contributed by atoms with Crippen LogP contribution in [0.3, 0.4) is 0 Å². The number of rotatable bonds is 4. The number of fused-ring (bicyclic) bond motifs is 4. The number of benzene rings is 1. The molecule has 2 aromatic rings. The van der Waals surface area contributed by atoms with Crippen LogP contribution >= 0.6 is 0 Å². The quantitative estimate of drug-likeness (QED) is 0.431. The number of aromatic nitrogens is 2. The SMILES string of the molecule is CC1C=CC2(Cc3nc(OCC45CCCN4CC(F)C5)nc(N4CCC45CCOC5)c3CO2)c2c1ccc(N)c2C#N. The third-order valence-electron chi connectivity index (χ3n) is 10.8. The Labute approximate surface area is 245 Å². The first kappa shape index (κ1) is 26.4. The van der Waals surface area contributed by atoms with Gasteiger partial charge in [-0.05, 0) is 49.8 Å². The van der Waals surface area contributed by atoms with Crippen molar-refractivity contribution < 1.29 is 18.6 Å². The molecule has 0 radical (unpaired) electrons. The second-order valence-electron chi connectivity index (χ2n) is 13.2. The van der Waals surface area contributed by atoms with E-state index in [9.17, 15) is 9.65 Å². The molecule has 6 aliphatic rings. The molecule has 2 N–H and O–H groups in total. The molecule has 0 saturated carbocycles. The molecule has 5 atom stereocenters. The van der Waals surface area contributed by atoms with Gasteiger partial charge < -0.3 is 24.8 Å². The number of allylic oxidation sites excluding steroid dienone is 1. The maximum Gasteiger partial charge on any atom is 0.318 e. The van der Waals surface area contributed by atoms with E-state index < -0.39 is 11.8 Å². The number of nitrogen functional groups attached to an aromatic ring is 1. The van der Waals surface area contributed by atoms with Crippen molar-refractivity contribution in [1.29, 1.82) is 5.26 Å². The van der Waals surface area contributed by atoms with E-state index in [1.165, 1.54) is 0 Å². The third kappa shape index (κ3) is 3.76. The predicted molar refractivity (Wildman–Crippen MR) is 154 cm³/mol. The highest BCUT2D eigenvalue weighted by Gasteiger charge is 2.52. The number of nitrogens with two attached hydrogens (primary N) is 1. The second-order valence-corrected chi connectivity index (χ2v) is 13.2. The van der Waals surface area contributed by atoms with E-state index in [0.29, 0.717) is 56.5 Å². The minimum Gasteiger partial charge on any atom is -0.461 e. The van der Waals surface area contributed by atoms with Crippen LogP contribution in [-0.2, 0) is 28.1 Å². The van der Waals surface area contributed by atoms with Crippen LogP contribution in [-0.4, -0.2) is 71.6 Å². The van der Waals surface area contributed by atoms with Crippen molar-refractivity contribution >= 4 is 11.5 Å². The first-order valence-corrected chi connectivity index (χ1v) is 15.3. The lowest BCUT2D eigenvalue weighted by Gasteiger charge is -2.52. The number of hydrogen-bond acceptors (Lipinski definition) is 9. The van der Waals surface area contributed by atoms with E-state index in [2.05, 4.69) is 34.9 Å². The van der Waals surface area contributed by atoms with Crippen molar-refractivity contribution in [2.45, 2.75) is 80.8 Å². The summed E-state index contributed by atoms with van der Waals surface area (Å²) in [7, 11) is 0. The summed E-state index contributed by atoms with van der Waals surface area (Å²) in [4.78, 5) is 14.6. The maximum atomic E-state index is 14.5. The van der Waals surface area contributed by atoms with Crippen LogP contribution in [0.4, 0.5) is 15.9 Å². The number of ether oxygens (including phenoxy) is 3. The molecule has 0 bridgehead atoms. The topological polar surface area (TPSA) is 110 Å². The monoisotopic (exact) mass is 572 g/mol. The average Bonchev–Trinajstić information content (AvgIpc) is 3.69. The molecular weight excluding hydrogens is 535 g/mol. The number of anilines is 2. The molecule has 6 heterocycles. The summed E-state index contributed by atoms with van der Waals surface area (Å²) < 4.78 is 33.5. The molecular formula is C32H37FN6O3. The fraction of sp³-hybridized carbons (Fsp3) is 0.594. The van der Waals surface area contributed by atoms with Crippen molar-refractivity contribution in [2.75, 3.05) is 50.1 Å². The van der Waals surface area contributed by atoms with Crippen LogP contribution in [0.5, 0.6) is 6.01 Å². The lowest BCUT2D eigenvalue weighted by Crippen LogP contribution is -2.61. The van der Waals surface area contributed by atoms with Gasteiger partial charge in [-0.3, -0.25) is 4.90 Å². The Bertz CT molecular complexity index is 1520. The van der Waals surface area contributed by atoms with Gasteiger partial charge in [-0.25, -0.2) is 4.39 Å². The van der Waals surface area contributed by atoms with E-state index in [0.717, 1.165) is 73.6 Å². The van der Waals surface area contributed by atoms with Gasteiger partial charge in [0, 0.05) is 49.4 Å². The van der Waals surface area contributed by atoms with Crippen LogP contribution in [0.1, 0.15) is 72.9 Å². The summed E-state index contributed by atoms with van der Waals surface area (Å²) in [5.41, 5.74) is 9.71. The van der Waals surface area contributed by atoms with Gasteiger partial charge in [-0.2, -0.15) is 15.2 Å².